The summed E-state index contributed by atoms with van der Waals surface area (Å²) in [5.41, 5.74) is 1.86. The minimum atomic E-state index is -3.99. The first-order valence-electron chi connectivity index (χ1n) is 10.9. The zero-order valence-electron chi connectivity index (χ0n) is 18.7. The molecule has 1 aliphatic heterocycles. The predicted molar refractivity (Wildman–Crippen MR) is 128 cm³/mol. The summed E-state index contributed by atoms with van der Waals surface area (Å²) in [6, 6.07) is 12.0. The maximum atomic E-state index is 14.2. The molecule has 1 aliphatic rings. The molecule has 0 atom stereocenters. The minimum Gasteiger partial charge on any atom is -0.341 e. The number of aromatic amines is 1. The highest BCUT2D eigenvalue weighted by atomic mass is 32.2. The molecule has 0 spiro atoms. The lowest BCUT2D eigenvalue weighted by molar-refractivity contribution is 0.600. The molecule has 11 nitrogen and oxygen atoms in total. The summed E-state index contributed by atoms with van der Waals surface area (Å²) in [6.45, 7) is 3.81. The number of tetrazole rings is 1. The van der Waals surface area contributed by atoms with Crippen LogP contribution in [0.3, 0.4) is 0 Å². The van der Waals surface area contributed by atoms with Crippen molar-refractivity contribution in [2.75, 3.05) is 28.0 Å². The van der Waals surface area contributed by atoms with Gasteiger partial charge in [-0.1, -0.05) is 0 Å². The summed E-state index contributed by atoms with van der Waals surface area (Å²) in [7, 11) is -3.99. The molecular weight excluding hydrogens is 473 g/mol. The second-order valence-corrected chi connectivity index (χ2v) is 9.76. The fourth-order valence-corrected chi connectivity index (χ4v) is 4.86. The molecule has 0 unspecified atom stereocenters. The van der Waals surface area contributed by atoms with Gasteiger partial charge < -0.3 is 10.2 Å². The Bertz CT molecular complexity index is 1440. The number of halogens is 1. The van der Waals surface area contributed by atoms with Gasteiger partial charge in [-0.25, -0.2) is 17.8 Å². The molecular formula is C22H22FN9O2S. The third kappa shape index (κ3) is 5.04. The van der Waals surface area contributed by atoms with Crippen LogP contribution in [0.2, 0.25) is 0 Å². The van der Waals surface area contributed by atoms with Gasteiger partial charge in [-0.2, -0.15) is 10.2 Å². The van der Waals surface area contributed by atoms with Crippen molar-refractivity contribution in [3.63, 3.8) is 0 Å². The van der Waals surface area contributed by atoms with Crippen LogP contribution in [0, 0.1) is 12.7 Å². The van der Waals surface area contributed by atoms with E-state index in [1.165, 1.54) is 6.07 Å². The van der Waals surface area contributed by atoms with Gasteiger partial charge in [0.05, 0.1) is 10.5 Å². The molecule has 0 bridgehead atoms. The number of H-pyrrole nitrogens is 1. The van der Waals surface area contributed by atoms with Crippen molar-refractivity contribution in [1.29, 1.82) is 0 Å². The van der Waals surface area contributed by atoms with Crippen molar-refractivity contribution >= 4 is 33.2 Å². The van der Waals surface area contributed by atoms with Gasteiger partial charge in [0.25, 0.3) is 10.0 Å². The molecule has 0 amide bonds. The third-order valence-corrected chi connectivity index (χ3v) is 6.85. The average Bonchev–Trinajstić information content (AvgIpc) is 3.55. The second-order valence-electron chi connectivity index (χ2n) is 8.07. The van der Waals surface area contributed by atoms with Gasteiger partial charge in [0.15, 0.2) is 0 Å². The first kappa shape index (κ1) is 22.7. The number of aromatic nitrogens is 6. The number of nitrogens with one attached hydrogen (secondary N) is 3. The quantitative estimate of drug-likeness (QED) is 0.352. The Kier molecular flexibility index (Phi) is 5.99. The normalized spacial score (nSPS) is 13.7. The van der Waals surface area contributed by atoms with Crippen molar-refractivity contribution in [3.8, 4) is 11.4 Å². The van der Waals surface area contributed by atoms with Crippen LogP contribution < -0.4 is 14.9 Å². The Morgan fingerprint density at radius 3 is 2.46 bits per heavy atom. The zero-order valence-corrected chi connectivity index (χ0v) is 19.5. The molecule has 1 fully saturated rings. The number of sulfonamides is 1. The van der Waals surface area contributed by atoms with Crippen molar-refractivity contribution in [2.45, 2.75) is 24.7 Å². The number of hydrogen-bond acceptors (Lipinski definition) is 9. The summed E-state index contributed by atoms with van der Waals surface area (Å²) in [5, 5.41) is 16.3. The molecule has 0 aliphatic carbocycles. The van der Waals surface area contributed by atoms with Gasteiger partial charge in [0.1, 0.15) is 11.6 Å². The Labute approximate surface area is 200 Å². The maximum absolute atomic E-state index is 14.2. The van der Waals surface area contributed by atoms with Crippen LogP contribution in [0.1, 0.15) is 18.5 Å². The molecule has 2 aromatic heterocycles. The van der Waals surface area contributed by atoms with Crippen LogP contribution in [0.15, 0.2) is 53.4 Å². The second kappa shape index (κ2) is 9.25. The van der Waals surface area contributed by atoms with Crippen LogP contribution in [0.5, 0.6) is 0 Å². The van der Waals surface area contributed by atoms with E-state index in [1.807, 2.05) is 13.0 Å². The van der Waals surface area contributed by atoms with E-state index in [-0.39, 0.29) is 16.3 Å². The van der Waals surface area contributed by atoms with Gasteiger partial charge >= 0.3 is 0 Å². The van der Waals surface area contributed by atoms with Crippen LogP contribution in [-0.2, 0) is 10.0 Å². The molecule has 4 aromatic rings. The lowest BCUT2D eigenvalue weighted by Crippen LogP contribution is -2.21. The molecule has 3 heterocycles. The van der Waals surface area contributed by atoms with E-state index in [0.717, 1.165) is 49.4 Å². The van der Waals surface area contributed by atoms with E-state index in [4.69, 9.17) is 0 Å². The number of nitrogens with zero attached hydrogens (tertiary/aromatic N) is 6. The predicted octanol–water partition coefficient (Wildman–Crippen LogP) is 3.25. The Morgan fingerprint density at radius 2 is 1.74 bits per heavy atom. The molecule has 1 saturated heterocycles. The van der Waals surface area contributed by atoms with Gasteiger partial charge in [0, 0.05) is 36.2 Å². The molecule has 180 valence electrons. The lowest BCUT2D eigenvalue weighted by atomic mass is 10.2. The van der Waals surface area contributed by atoms with E-state index < -0.39 is 15.8 Å². The largest absolute Gasteiger partial charge is 0.341 e. The summed E-state index contributed by atoms with van der Waals surface area (Å²) >= 11 is 0. The third-order valence-electron chi connectivity index (χ3n) is 5.48. The first-order chi connectivity index (χ1) is 16.9. The van der Waals surface area contributed by atoms with Crippen LogP contribution in [-0.4, -0.2) is 52.1 Å². The smallest absolute Gasteiger partial charge is 0.261 e. The van der Waals surface area contributed by atoms with Gasteiger partial charge in [-0.3, -0.25) is 4.72 Å². The van der Waals surface area contributed by atoms with Crippen molar-refractivity contribution in [1.82, 2.24) is 30.6 Å². The zero-order chi connectivity index (χ0) is 24.4. The Morgan fingerprint density at radius 1 is 1.00 bits per heavy atom. The summed E-state index contributed by atoms with van der Waals surface area (Å²) < 4.78 is 42.4. The van der Waals surface area contributed by atoms with Crippen molar-refractivity contribution in [3.05, 3.63) is 60.0 Å². The first-order valence-corrected chi connectivity index (χ1v) is 12.4. The van der Waals surface area contributed by atoms with Crippen LogP contribution in [0.4, 0.5) is 27.5 Å². The monoisotopic (exact) mass is 495 g/mol. The number of hydrogen-bond donors (Lipinski definition) is 3. The highest BCUT2D eigenvalue weighted by Gasteiger charge is 2.19. The molecule has 35 heavy (non-hydrogen) atoms. The molecule has 3 N–H and O–H groups in total. The van der Waals surface area contributed by atoms with Crippen LogP contribution >= 0.6 is 0 Å². The van der Waals surface area contributed by atoms with Gasteiger partial charge in [-0.05, 0) is 67.4 Å². The summed E-state index contributed by atoms with van der Waals surface area (Å²) in [4.78, 5) is 11.2. The number of benzene rings is 2. The molecule has 0 saturated carbocycles. The standard InChI is InChI=1S/C22H22FN9O2S/c1-14-12-20(26-22(24-14)32-10-2-3-11-32)25-15-4-6-16(7-5-15)29-35(33,34)17-8-9-19(23)18(13-17)21-27-30-31-28-21/h4-9,12-13,29H,2-3,10-11H2,1H3,(H,24,25,26)(H,27,28,30,31). The van der Waals surface area contributed by atoms with E-state index >= 15 is 0 Å². The fraction of sp³-hybridized carbons (Fsp3) is 0.227. The van der Waals surface area contributed by atoms with Crippen molar-refractivity contribution < 1.29 is 12.8 Å². The summed E-state index contributed by atoms with van der Waals surface area (Å²) in [6.07, 6.45) is 2.27. The van der Waals surface area contributed by atoms with E-state index in [1.54, 1.807) is 24.3 Å². The van der Waals surface area contributed by atoms with E-state index in [2.05, 4.69) is 45.5 Å². The van der Waals surface area contributed by atoms with E-state index in [0.29, 0.717) is 17.5 Å². The molecule has 5 rings (SSSR count). The topological polar surface area (TPSA) is 142 Å². The molecule has 13 heteroatoms. The Balaban J connectivity index is 1.31. The molecule has 0 radical (unpaired) electrons. The fourth-order valence-electron chi connectivity index (χ4n) is 3.78. The van der Waals surface area contributed by atoms with Crippen molar-refractivity contribution in [2.24, 2.45) is 0 Å². The number of rotatable bonds is 7. The highest BCUT2D eigenvalue weighted by molar-refractivity contribution is 7.92. The molecule has 2 aromatic carbocycles. The van der Waals surface area contributed by atoms with Gasteiger partial charge in [0.2, 0.25) is 11.8 Å². The van der Waals surface area contributed by atoms with E-state index in [9.17, 15) is 12.8 Å². The number of aryl methyl sites for hydroxylation is 1. The minimum absolute atomic E-state index is 0.0391. The highest BCUT2D eigenvalue weighted by Crippen LogP contribution is 2.26. The van der Waals surface area contributed by atoms with Crippen LogP contribution in [0.25, 0.3) is 11.4 Å². The lowest BCUT2D eigenvalue weighted by Gasteiger charge is -2.17. The number of anilines is 4. The van der Waals surface area contributed by atoms with Gasteiger partial charge in [-0.15, -0.1) is 10.2 Å². The maximum Gasteiger partial charge on any atom is 0.261 e. The average molecular weight is 496 g/mol. The summed E-state index contributed by atoms with van der Waals surface area (Å²) in [5.74, 6) is 0.665. The SMILES string of the molecule is Cc1cc(Nc2ccc(NS(=O)(=O)c3ccc(F)c(-c4nn[nH]n4)c3)cc2)nc(N2CCCC2)n1. The Hall–Kier alpha value is -4.13.